The number of para-hydroxylation sites is 1. The average Bonchev–Trinajstić information content (AvgIpc) is 2.73. The van der Waals surface area contributed by atoms with E-state index in [9.17, 15) is 0 Å². The Bertz CT molecular complexity index is 853. The van der Waals surface area contributed by atoms with Crippen LogP contribution in [0.2, 0.25) is 0 Å². The zero-order valence-corrected chi connectivity index (χ0v) is 15.6. The monoisotopic (exact) mass is 364 g/mol. The van der Waals surface area contributed by atoms with Crippen LogP contribution in [0.25, 0.3) is 0 Å². The van der Waals surface area contributed by atoms with Crippen molar-refractivity contribution >= 4 is 11.8 Å². The number of nitrogens with one attached hydrogen (secondary N) is 2. The third-order valence-corrected chi connectivity index (χ3v) is 4.16. The third-order valence-electron chi connectivity index (χ3n) is 4.16. The van der Waals surface area contributed by atoms with Crippen molar-refractivity contribution in [1.82, 2.24) is 9.97 Å². The molecule has 0 bridgehead atoms. The van der Waals surface area contributed by atoms with Gasteiger partial charge < -0.3 is 20.1 Å². The summed E-state index contributed by atoms with van der Waals surface area (Å²) >= 11 is 0. The summed E-state index contributed by atoms with van der Waals surface area (Å²) in [6, 6.07) is 17.8. The van der Waals surface area contributed by atoms with E-state index in [1.807, 2.05) is 42.5 Å². The van der Waals surface area contributed by atoms with Gasteiger partial charge >= 0.3 is 0 Å². The number of ether oxygens (including phenoxy) is 2. The third kappa shape index (κ3) is 5.34. The van der Waals surface area contributed by atoms with Gasteiger partial charge in [0.05, 0.1) is 14.2 Å². The van der Waals surface area contributed by atoms with E-state index in [-0.39, 0.29) is 0 Å². The van der Waals surface area contributed by atoms with Crippen LogP contribution in [0.3, 0.4) is 0 Å². The Balaban J connectivity index is 1.52. The van der Waals surface area contributed by atoms with E-state index < -0.39 is 0 Å². The maximum Gasteiger partial charge on any atom is 0.224 e. The standard InChI is InChI=1S/C21H24N4O2/c1-26-18-9-7-16(8-10-18)11-13-22-20-12-14-23-21(25-20)24-15-17-5-3-4-6-19(17)27-2/h3-10,12,14H,11,13,15H2,1-2H3,(H2,22,23,24,25). The second-order valence-corrected chi connectivity index (χ2v) is 5.96. The van der Waals surface area contributed by atoms with Crippen LogP contribution in [0.4, 0.5) is 11.8 Å². The number of nitrogens with zero attached hydrogens (tertiary/aromatic N) is 2. The maximum atomic E-state index is 5.37. The number of aromatic nitrogens is 2. The summed E-state index contributed by atoms with van der Waals surface area (Å²) in [5.41, 5.74) is 2.30. The Labute approximate surface area is 159 Å². The number of methoxy groups -OCH3 is 2. The Hall–Kier alpha value is -3.28. The summed E-state index contributed by atoms with van der Waals surface area (Å²) < 4.78 is 10.5. The molecule has 0 fully saturated rings. The second-order valence-electron chi connectivity index (χ2n) is 5.96. The van der Waals surface area contributed by atoms with Gasteiger partial charge in [-0.05, 0) is 36.2 Å². The van der Waals surface area contributed by atoms with Crippen molar-refractivity contribution in [3.8, 4) is 11.5 Å². The predicted molar refractivity (Wildman–Crippen MR) is 108 cm³/mol. The van der Waals surface area contributed by atoms with Gasteiger partial charge in [-0.25, -0.2) is 4.98 Å². The predicted octanol–water partition coefficient (Wildman–Crippen LogP) is 3.76. The minimum Gasteiger partial charge on any atom is -0.497 e. The zero-order valence-electron chi connectivity index (χ0n) is 15.6. The molecule has 3 aromatic rings. The first-order chi connectivity index (χ1) is 13.3. The van der Waals surface area contributed by atoms with Crippen molar-refractivity contribution in [2.45, 2.75) is 13.0 Å². The fourth-order valence-corrected chi connectivity index (χ4v) is 2.69. The summed E-state index contributed by atoms with van der Waals surface area (Å²) in [6.07, 6.45) is 2.64. The SMILES string of the molecule is COc1ccc(CCNc2ccnc(NCc3ccccc3OC)n2)cc1. The molecular formula is C21H24N4O2. The average molecular weight is 364 g/mol. The molecule has 6 nitrogen and oxygen atoms in total. The van der Waals surface area contributed by atoms with Gasteiger partial charge in [0.15, 0.2) is 0 Å². The molecule has 0 spiro atoms. The molecule has 6 heteroatoms. The van der Waals surface area contributed by atoms with E-state index in [1.165, 1.54) is 5.56 Å². The minimum atomic E-state index is 0.579. The smallest absolute Gasteiger partial charge is 0.224 e. The molecule has 2 N–H and O–H groups in total. The van der Waals surface area contributed by atoms with Gasteiger partial charge in [0.25, 0.3) is 0 Å². The van der Waals surface area contributed by atoms with Gasteiger partial charge in [-0.3, -0.25) is 0 Å². The summed E-state index contributed by atoms with van der Waals surface area (Å²) in [6.45, 7) is 1.38. The normalized spacial score (nSPS) is 10.3. The lowest BCUT2D eigenvalue weighted by Gasteiger charge is -2.11. The van der Waals surface area contributed by atoms with E-state index >= 15 is 0 Å². The van der Waals surface area contributed by atoms with Crippen molar-refractivity contribution < 1.29 is 9.47 Å². The van der Waals surface area contributed by atoms with Crippen LogP contribution in [0.1, 0.15) is 11.1 Å². The molecule has 2 aromatic carbocycles. The van der Waals surface area contributed by atoms with E-state index in [2.05, 4.69) is 32.7 Å². The molecule has 0 aliphatic carbocycles. The Kier molecular flexibility index (Phi) is 6.46. The lowest BCUT2D eigenvalue weighted by molar-refractivity contribution is 0.410. The van der Waals surface area contributed by atoms with Gasteiger partial charge in [-0.15, -0.1) is 0 Å². The molecule has 0 saturated heterocycles. The van der Waals surface area contributed by atoms with Crippen LogP contribution in [-0.2, 0) is 13.0 Å². The molecule has 0 unspecified atom stereocenters. The highest BCUT2D eigenvalue weighted by Gasteiger charge is 2.04. The van der Waals surface area contributed by atoms with Crippen LogP contribution in [0.15, 0.2) is 60.8 Å². The largest absolute Gasteiger partial charge is 0.497 e. The first kappa shape index (κ1) is 18.5. The minimum absolute atomic E-state index is 0.579. The second kappa shape index (κ2) is 9.43. The molecule has 0 amide bonds. The molecule has 0 atom stereocenters. The Morgan fingerprint density at radius 2 is 1.70 bits per heavy atom. The molecular weight excluding hydrogens is 340 g/mol. The Morgan fingerprint density at radius 1 is 0.889 bits per heavy atom. The first-order valence-corrected chi connectivity index (χ1v) is 8.84. The molecule has 140 valence electrons. The van der Waals surface area contributed by atoms with E-state index in [0.717, 1.165) is 35.8 Å². The lowest BCUT2D eigenvalue weighted by Crippen LogP contribution is -2.09. The van der Waals surface area contributed by atoms with Crippen molar-refractivity contribution in [1.29, 1.82) is 0 Å². The molecule has 1 aromatic heterocycles. The molecule has 0 aliphatic heterocycles. The van der Waals surface area contributed by atoms with E-state index in [4.69, 9.17) is 9.47 Å². The van der Waals surface area contributed by atoms with Crippen LogP contribution >= 0.6 is 0 Å². The Morgan fingerprint density at radius 3 is 2.48 bits per heavy atom. The number of rotatable bonds is 9. The molecule has 0 aliphatic rings. The summed E-state index contributed by atoms with van der Waals surface area (Å²) in [7, 11) is 3.34. The quantitative estimate of drug-likeness (QED) is 0.603. The highest BCUT2D eigenvalue weighted by Crippen LogP contribution is 2.18. The van der Waals surface area contributed by atoms with Crippen molar-refractivity contribution in [3.05, 3.63) is 71.9 Å². The molecule has 1 heterocycles. The number of hydrogen-bond acceptors (Lipinski definition) is 6. The van der Waals surface area contributed by atoms with Gasteiger partial charge in [0.2, 0.25) is 5.95 Å². The highest BCUT2D eigenvalue weighted by molar-refractivity contribution is 5.42. The fraction of sp³-hybridized carbons (Fsp3) is 0.238. The van der Waals surface area contributed by atoms with E-state index in [1.54, 1.807) is 20.4 Å². The van der Waals surface area contributed by atoms with Gasteiger partial charge in [-0.1, -0.05) is 30.3 Å². The highest BCUT2D eigenvalue weighted by atomic mass is 16.5. The maximum absolute atomic E-state index is 5.37. The van der Waals surface area contributed by atoms with Crippen molar-refractivity contribution in [2.75, 3.05) is 31.4 Å². The first-order valence-electron chi connectivity index (χ1n) is 8.84. The summed E-state index contributed by atoms with van der Waals surface area (Å²) in [5.74, 6) is 3.09. The van der Waals surface area contributed by atoms with Crippen LogP contribution in [-0.4, -0.2) is 30.7 Å². The van der Waals surface area contributed by atoms with Gasteiger partial charge in [-0.2, -0.15) is 4.98 Å². The number of benzene rings is 2. The van der Waals surface area contributed by atoms with Crippen molar-refractivity contribution in [2.24, 2.45) is 0 Å². The van der Waals surface area contributed by atoms with Gasteiger partial charge in [0, 0.05) is 24.8 Å². The van der Waals surface area contributed by atoms with Crippen LogP contribution in [0.5, 0.6) is 11.5 Å². The molecule has 0 saturated carbocycles. The molecule has 0 radical (unpaired) electrons. The summed E-state index contributed by atoms with van der Waals surface area (Å²) in [4.78, 5) is 8.79. The van der Waals surface area contributed by atoms with E-state index in [0.29, 0.717) is 12.5 Å². The topological polar surface area (TPSA) is 68.3 Å². The lowest BCUT2D eigenvalue weighted by atomic mass is 10.1. The van der Waals surface area contributed by atoms with Crippen molar-refractivity contribution in [3.63, 3.8) is 0 Å². The zero-order chi connectivity index (χ0) is 18.9. The summed E-state index contributed by atoms with van der Waals surface area (Å²) in [5, 5.41) is 6.58. The number of hydrogen-bond donors (Lipinski definition) is 2. The van der Waals surface area contributed by atoms with Crippen LogP contribution < -0.4 is 20.1 Å². The molecule has 27 heavy (non-hydrogen) atoms. The fourth-order valence-electron chi connectivity index (χ4n) is 2.69. The van der Waals surface area contributed by atoms with Gasteiger partial charge in [0.1, 0.15) is 17.3 Å². The van der Waals surface area contributed by atoms with Crippen LogP contribution in [0, 0.1) is 0 Å². The number of anilines is 2. The molecule has 3 rings (SSSR count).